The summed E-state index contributed by atoms with van der Waals surface area (Å²) in [7, 11) is 0. The number of H-pyrrole nitrogens is 1. The molecule has 3 aromatic carbocycles. The number of thioether (sulfide) groups is 1. The molecule has 10 nitrogen and oxygen atoms in total. The molecule has 0 aliphatic carbocycles. The number of imide groups is 1. The van der Waals surface area contributed by atoms with Crippen LogP contribution in [-0.2, 0) is 30.6 Å². The zero-order chi connectivity index (χ0) is 31.0. The van der Waals surface area contributed by atoms with E-state index in [2.05, 4.69) is 67.8 Å². The second kappa shape index (κ2) is 14.3. The van der Waals surface area contributed by atoms with Gasteiger partial charge in [-0.25, -0.2) is 4.98 Å². The normalized spacial score (nSPS) is 14.6. The number of nitrogens with zero attached hydrogens (tertiary/aromatic N) is 5. The Balaban J connectivity index is 1.07. The fourth-order valence-electron chi connectivity index (χ4n) is 5.47. The quantitative estimate of drug-likeness (QED) is 0.144. The zero-order valence-corrected chi connectivity index (χ0v) is 25.9. The highest BCUT2D eigenvalue weighted by Gasteiger charge is 2.31. The Morgan fingerprint density at radius 1 is 0.911 bits per heavy atom. The van der Waals surface area contributed by atoms with Crippen molar-refractivity contribution >= 4 is 22.9 Å². The Hall–Kier alpha value is -4.77. The zero-order valence-electron chi connectivity index (χ0n) is 25.1. The Bertz CT molecular complexity index is 1730. The first-order chi connectivity index (χ1) is 22.1. The molecule has 2 amide bonds. The fraction of sp³-hybridized carbons (Fsp3) is 0.294. The number of aromatic amines is 1. The summed E-state index contributed by atoms with van der Waals surface area (Å²) in [6, 6.07) is 24.5. The van der Waals surface area contributed by atoms with Gasteiger partial charge in [0.1, 0.15) is 11.6 Å². The topological polar surface area (TPSA) is 128 Å². The molecule has 11 heteroatoms. The second-order valence-corrected chi connectivity index (χ2v) is 12.2. The molecule has 1 fully saturated rings. The molecule has 3 heterocycles. The minimum Gasteiger partial charge on any atom is -0.494 e. The number of nitrogens with one attached hydrogen (secondary N) is 2. The van der Waals surface area contributed by atoms with E-state index < -0.39 is 0 Å². The second-order valence-electron chi connectivity index (χ2n) is 11.0. The average Bonchev–Trinajstić information content (AvgIpc) is 3.80. The maximum absolute atomic E-state index is 11.9. The van der Waals surface area contributed by atoms with Crippen molar-refractivity contribution in [2.45, 2.75) is 57.2 Å². The van der Waals surface area contributed by atoms with Crippen molar-refractivity contribution in [2.24, 2.45) is 0 Å². The van der Waals surface area contributed by atoms with Gasteiger partial charge in [-0.05, 0) is 65.3 Å². The average molecular weight is 622 g/mol. The molecule has 230 valence electrons. The number of imidazole rings is 1. The van der Waals surface area contributed by atoms with Crippen LogP contribution in [0.15, 0.2) is 79.0 Å². The van der Waals surface area contributed by atoms with Crippen LogP contribution < -0.4 is 10.1 Å². The smallest absolute Gasteiger partial charge is 0.286 e. The van der Waals surface area contributed by atoms with Crippen molar-refractivity contribution in [3.05, 3.63) is 102 Å². The summed E-state index contributed by atoms with van der Waals surface area (Å²) in [4.78, 5) is 28.1. The molecule has 45 heavy (non-hydrogen) atoms. The number of benzene rings is 3. The number of rotatable bonds is 14. The van der Waals surface area contributed by atoms with E-state index in [9.17, 15) is 9.59 Å². The molecule has 1 aliphatic heterocycles. The summed E-state index contributed by atoms with van der Waals surface area (Å²) in [5.74, 6) is 2.26. The van der Waals surface area contributed by atoms with E-state index in [0.717, 1.165) is 84.2 Å². The number of carbonyl (C=O) groups is 2. The van der Waals surface area contributed by atoms with E-state index in [1.165, 1.54) is 11.3 Å². The fourth-order valence-corrected chi connectivity index (χ4v) is 6.33. The molecule has 2 aromatic heterocycles. The highest BCUT2D eigenvalue weighted by Crippen LogP contribution is 2.30. The number of hydrogen-bond donors (Lipinski definition) is 2. The van der Waals surface area contributed by atoms with Gasteiger partial charge in [0.25, 0.3) is 5.24 Å². The Morgan fingerprint density at radius 3 is 2.40 bits per heavy atom. The lowest BCUT2D eigenvalue weighted by Gasteiger charge is -2.14. The van der Waals surface area contributed by atoms with Crippen molar-refractivity contribution < 1.29 is 14.3 Å². The van der Waals surface area contributed by atoms with Crippen LogP contribution in [0.2, 0.25) is 0 Å². The first kappa shape index (κ1) is 30.3. The number of aromatic nitrogens is 6. The van der Waals surface area contributed by atoms with Crippen LogP contribution in [0.1, 0.15) is 48.8 Å². The lowest BCUT2D eigenvalue weighted by molar-refractivity contribution is -0.118. The van der Waals surface area contributed by atoms with E-state index in [4.69, 9.17) is 9.72 Å². The van der Waals surface area contributed by atoms with Gasteiger partial charge in [-0.3, -0.25) is 14.9 Å². The van der Waals surface area contributed by atoms with Gasteiger partial charge in [-0.2, -0.15) is 5.21 Å². The van der Waals surface area contributed by atoms with Crippen molar-refractivity contribution in [3.63, 3.8) is 0 Å². The van der Waals surface area contributed by atoms with Gasteiger partial charge in [-0.1, -0.05) is 85.8 Å². The number of amides is 2. The molecular formula is C34H35N7O3S. The van der Waals surface area contributed by atoms with Crippen LogP contribution in [0, 0.1) is 0 Å². The molecule has 1 atom stereocenters. The van der Waals surface area contributed by atoms with Crippen molar-refractivity contribution in [1.82, 2.24) is 35.5 Å². The lowest BCUT2D eigenvalue weighted by atomic mass is 9.98. The number of carbonyl (C=O) groups excluding carboxylic acids is 2. The molecule has 2 N–H and O–H groups in total. The van der Waals surface area contributed by atoms with Crippen LogP contribution in [0.25, 0.3) is 22.5 Å². The molecule has 5 aromatic rings. The van der Waals surface area contributed by atoms with Crippen molar-refractivity contribution in [2.75, 3.05) is 6.61 Å². The number of ether oxygens (including phenoxy) is 1. The van der Waals surface area contributed by atoms with Crippen molar-refractivity contribution in [3.8, 4) is 28.3 Å². The van der Waals surface area contributed by atoms with Crippen molar-refractivity contribution in [1.29, 1.82) is 0 Å². The minimum absolute atomic E-state index is 0.220. The summed E-state index contributed by atoms with van der Waals surface area (Å²) >= 11 is 1.05. The summed E-state index contributed by atoms with van der Waals surface area (Å²) in [5, 5.41) is 16.3. The number of tetrazole rings is 1. The standard InChI is InChI=1S/C34H35N7O3S/c1-2-3-10-31-35-21-26(7-6-19-44-27-17-13-23(14-18-27)20-30-33(42)36-34(43)45-30)41(31)22-24-11-15-25(16-12-24)28-8-4-5-9-29(28)32-37-39-40-38-32/h4-5,8-9,11-18,21,30H,2-3,6-7,10,19-20,22H2,1H3,(H,36,42,43)(H,37,38,39,40). The summed E-state index contributed by atoms with van der Waals surface area (Å²) in [6.45, 7) is 3.54. The molecule has 1 unspecified atom stereocenters. The van der Waals surface area contributed by atoms with E-state index >= 15 is 0 Å². The van der Waals surface area contributed by atoms with Crippen LogP contribution >= 0.6 is 11.8 Å². The summed E-state index contributed by atoms with van der Waals surface area (Å²) in [5.41, 5.74) is 6.50. The molecular weight excluding hydrogens is 586 g/mol. The van der Waals surface area contributed by atoms with Gasteiger partial charge < -0.3 is 9.30 Å². The third kappa shape index (κ3) is 7.49. The molecule has 0 bridgehead atoms. The highest BCUT2D eigenvalue weighted by atomic mass is 32.2. The Morgan fingerprint density at radius 2 is 1.69 bits per heavy atom. The Kier molecular flexibility index (Phi) is 9.64. The van der Waals surface area contributed by atoms with Crippen LogP contribution in [0.3, 0.4) is 0 Å². The van der Waals surface area contributed by atoms with Crippen LogP contribution in [-0.4, -0.2) is 53.2 Å². The number of unbranched alkanes of at least 4 members (excludes halogenated alkanes) is 1. The van der Waals surface area contributed by atoms with Crippen LogP contribution in [0.5, 0.6) is 5.75 Å². The van der Waals surface area contributed by atoms with Gasteiger partial charge in [0, 0.05) is 30.4 Å². The minimum atomic E-state index is -0.367. The lowest BCUT2D eigenvalue weighted by Crippen LogP contribution is -2.25. The first-order valence-electron chi connectivity index (χ1n) is 15.3. The van der Waals surface area contributed by atoms with E-state index in [-0.39, 0.29) is 16.4 Å². The monoisotopic (exact) mass is 621 g/mol. The first-order valence-corrected chi connectivity index (χ1v) is 16.1. The maximum atomic E-state index is 11.9. The third-order valence-corrected chi connectivity index (χ3v) is 8.83. The molecule has 0 radical (unpaired) electrons. The largest absolute Gasteiger partial charge is 0.494 e. The van der Waals surface area contributed by atoms with E-state index in [1.54, 1.807) is 0 Å². The molecule has 1 saturated heterocycles. The predicted molar refractivity (Wildman–Crippen MR) is 174 cm³/mol. The molecule has 1 aliphatic rings. The van der Waals surface area contributed by atoms with Gasteiger partial charge in [0.2, 0.25) is 11.7 Å². The number of hydrogen-bond acceptors (Lipinski definition) is 8. The number of aryl methyl sites for hydroxylation is 2. The summed E-state index contributed by atoms with van der Waals surface area (Å²) < 4.78 is 8.39. The summed E-state index contributed by atoms with van der Waals surface area (Å²) in [6.07, 6.45) is 7.41. The Labute approximate surface area is 266 Å². The van der Waals surface area contributed by atoms with Gasteiger partial charge >= 0.3 is 0 Å². The maximum Gasteiger partial charge on any atom is 0.286 e. The van der Waals surface area contributed by atoms with Gasteiger partial charge in [0.15, 0.2) is 0 Å². The van der Waals surface area contributed by atoms with Crippen LogP contribution in [0.4, 0.5) is 4.79 Å². The van der Waals surface area contributed by atoms with Gasteiger partial charge in [0.05, 0.1) is 11.9 Å². The van der Waals surface area contributed by atoms with E-state index in [1.807, 2.05) is 48.7 Å². The molecule has 6 rings (SSSR count). The van der Waals surface area contributed by atoms with Gasteiger partial charge in [-0.15, -0.1) is 10.2 Å². The molecule has 0 saturated carbocycles. The third-order valence-electron chi connectivity index (χ3n) is 7.85. The predicted octanol–water partition coefficient (Wildman–Crippen LogP) is 6.03. The molecule has 0 spiro atoms. The highest BCUT2D eigenvalue weighted by molar-refractivity contribution is 8.15. The van der Waals surface area contributed by atoms with E-state index in [0.29, 0.717) is 18.9 Å². The SMILES string of the molecule is CCCCc1ncc(CCCOc2ccc(CC3SC(=O)NC3=O)cc2)n1Cc1ccc(-c2ccccc2-c2nn[nH]n2)cc1.